The van der Waals surface area contributed by atoms with E-state index < -0.39 is 61.9 Å². The molecule has 2 N–H and O–H groups in total. The maximum Gasteiger partial charge on any atom is 0.462 e. The molecule has 5 rings (SSSR count). The Hall–Kier alpha value is -3.61. The fraction of sp³-hybridized carbons (Fsp3) is 0.370. The summed E-state index contributed by atoms with van der Waals surface area (Å²) >= 11 is 0. The van der Waals surface area contributed by atoms with Gasteiger partial charge in [-0.25, -0.2) is 9.36 Å². The number of halogens is 1. The van der Waals surface area contributed by atoms with Crippen LogP contribution in [0.4, 0.5) is 4.39 Å². The smallest absolute Gasteiger partial charge is 0.460 e. The molecule has 3 heterocycles. The first-order valence-corrected chi connectivity index (χ1v) is 14.5. The van der Waals surface area contributed by atoms with Gasteiger partial charge in [-0.05, 0) is 30.5 Å². The number of aliphatic hydroxyl groups excluding tert-OH is 1. The number of para-hydroxylation sites is 1. The predicted molar refractivity (Wildman–Crippen MR) is 142 cm³/mol. The molecule has 2 aliphatic rings. The molecule has 41 heavy (non-hydrogen) atoms. The van der Waals surface area contributed by atoms with E-state index in [-0.39, 0.29) is 25.3 Å². The lowest BCUT2D eigenvalue weighted by Gasteiger charge is -2.31. The van der Waals surface area contributed by atoms with E-state index in [9.17, 15) is 28.4 Å². The minimum absolute atomic E-state index is 0.0446. The van der Waals surface area contributed by atoms with Crippen molar-refractivity contribution in [1.29, 1.82) is 0 Å². The Labute approximate surface area is 233 Å². The van der Waals surface area contributed by atoms with Crippen molar-refractivity contribution in [3.05, 3.63) is 99.1 Å². The number of nitrogens with one attached hydrogen (secondary N) is 1. The van der Waals surface area contributed by atoms with Crippen LogP contribution in [-0.4, -0.2) is 56.7 Å². The van der Waals surface area contributed by atoms with Gasteiger partial charge in [0.1, 0.15) is 30.7 Å². The van der Waals surface area contributed by atoms with E-state index in [4.69, 9.17) is 18.5 Å². The van der Waals surface area contributed by atoms with Crippen molar-refractivity contribution in [3.63, 3.8) is 0 Å². The first-order valence-electron chi connectivity index (χ1n) is 13.0. The number of ether oxygens (including phenoxy) is 2. The highest BCUT2D eigenvalue weighted by Gasteiger charge is 2.48. The summed E-state index contributed by atoms with van der Waals surface area (Å²) in [6.45, 7) is -0.175. The second-order valence-electron chi connectivity index (χ2n) is 9.66. The number of rotatable bonds is 10. The van der Waals surface area contributed by atoms with E-state index in [0.29, 0.717) is 19.0 Å². The molecule has 2 fully saturated rings. The molecular formula is C27H29FN3O9P. The molecular weight excluding hydrogens is 560 g/mol. The highest BCUT2D eigenvalue weighted by atomic mass is 31.2. The molecule has 0 amide bonds. The molecule has 0 saturated carbocycles. The van der Waals surface area contributed by atoms with Crippen LogP contribution in [0.2, 0.25) is 0 Å². The third kappa shape index (κ3) is 6.66. The lowest BCUT2D eigenvalue weighted by Crippen LogP contribution is -2.38. The number of aromatic nitrogens is 2. The van der Waals surface area contributed by atoms with Crippen LogP contribution in [0.1, 0.15) is 31.1 Å². The van der Waals surface area contributed by atoms with Crippen molar-refractivity contribution in [2.45, 2.75) is 50.3 Å². The van der Waals surface area contributed by atoms with Crippen LogP contribution in [0, 0.1) is 5.82 Å². The second kappa shape index (κ2) is 12.5. The molecule has 12 nitrogen and oxygen atoms in total. The van der Waals surface area contributed by atoms with Crippen LogP contribution in [0.5, 0.6) is 5.75 Å². The summed E-state index contributed by atoms with van der Waals surface area (Å²) in [5.74, 6) is -1.54. The molecule has 0 bridgehead atoms. The average molecular weight is 590 g/mol. The van der Waals surface area contributed by atoms with Crippen molar-refractivity contribution in [3.8, 4) is 5.75 Å². The molecule has 0 spiro atoms. The van der Waals surface area contributed by atoms with Gasteiger partial charge in [-0.2, -0.15) is 9.06 Å². The largest absolute Gasteiger partial charge is 0.462 e. The van der Waals surface area contributed by atoms with Crippen LogP contribution >= 0.6 is 7.75 Å². The summed E-state index contributed by atoms with van der Waals surface area (Å²) in [5, 5.41) is 10.6. The Balaban J connectivity index is 1.32. The van der Waals surface area contributed by atoms with Crippen molar-refractivity contribution in [2.24, 2.45) is 0 Å². The quantitative estimate of drug-likeness (QED) is 0.267. The molecule has 3 aromatic rings. The first kappa shape index (κ1) is 28.9. The van der Waals surface area contributed by atoms with E-state index in [1.54, 1.807) is 30.3 Å². The summed E-state index contributed by atoms with van der Waals surface area (Å²) in [6.07, 6.45) is -1.91. The topological polar surface area (TPSA) is 149 Å². The lowest BCUT2D eigenvalue weighted by atomic mass is 10.2. The SMILES string of the molecule is O=C(OCc1ccccc1)C1CCCN1P(=O)(OC[C@H]1O[C@@H](n2cc(F)c(=O)[nH]c2=O)CC1O)Oc1ccccc1. The molecule has 2 aromatic carbocycles. The normalized spacial score (nSPS) is 24.1. The number of hydrogen-bond acceptors (Lipinski definition) is 9. The molecule has 1 aromatic heterocycles. The van der Waals surface area contributed by atoms with Gasteiger partial charge in [0.25, 0.3) is 5.56 Å². The Morgan fingerprint density at radius 2 is 1.83 bits per heavy atom. The average Bonchev–Trinajstić information content (AvgIpc) is 3.61. The van der Waals surface area contributed by atoms with E-state index in [1.165, 1.54) is 4.67 Å². The van der Waals surface area contributed by atoms with Crippen LogP contribution in [-0.2, 0) is 30.0 Å². The van der Waals surface area contributed by atoms with E-state index in [0.717, 1.165) is 10.1 Å². The fourth-order valence-corrected chi connectivity index (χ4v) is 6.72. The monoisotopic (exact) mass is 589 g/mol. The number of nitrogens with zero attached hydrogens (tertiary/aromatic N) is 2. The minimum atomic E-state index is -4.22. The Morgan fingerprint density at radius 3 is 2.56 bits per heavy atom. The van der Waals surface area contributed by atoms with Crippen molar-refractivity contribution in [1.82, 2.24) is 14.2 Å². The second-order valence-corrected chi connectivity index (χ2v) is 11.6. The highest BCUT2D eigenvalue weighted by Crippen LogP contribution is 2.55. The summed E-state index contributed by atoms with van der Waals surface area (Å²) < 4.78 is 53.2. The number of aliphatic hydroxyl groups is 1. The van der Waals surface area contributed by atoms with Gasteiger partial charge in [-0.15, -0.1) is 0 Å². The number of hydrogen-bond donors (Lipinski definition) is 2. The van der Waals surface area contributed by atoms with Gasteiger partial charge in [0, 0.05) is 13.0 Å². The van der Waals surface area contributed by atoms with E-state index in [2.05, 4.69) is 0 Å². The number of esters is 1. The zero-order valence-corrected chi connectivity index (χ0v) is 22.7. The van der Waals surface area contributed by atoms with E-state index >= 15 is 0 Å². The summed E-state index contributed by atoms with van der Waals surface area (Å²) in [5.41, 5.74) is -1.29. The standard InChI is InChI=1S/C27H29FN3O9P/c28-20-15-30(27(35)29-25(20)33)24-14-22(32)23(39-24)17-38-41(36,40-19-10-5-2-6-11-19)31-13-7-12-21(31)26(34)37-16-18-8-3-1-4-9-18/h1-6,8-11,15,21-24,32H,7,12-14,16-17H2,(H,29,33,35)/t21?,22?,23-,24-,41?/m1/s1. The Bertz CT molecular complexity index is 1520. The molecule has 5 atom stereocenters. The Kier molecular flexibility index (Phi) is 8.81. The number of carbonyl (C=O) groups excluding carboxylic acids is 1. The minimum Gasteiger partial charge on any atom is -0.460 e. The van der Waals surface area contributed by atoms with Crippen molar-refractivity contribution in [2.75, 3.05) is 13.2 Å². The number of benzene rings is 2. The van der Waals surface area contributed by atoms with Crippen LogP contribution in [0.25, 0.3) is 0 Å². The third-order valence-corrected chi connectivity index (χ3v) is 8.86. The van der Waals surface area contributed by atoms with Gasteiger partial charge in [0.2, 0.25) is 5.82 Å². The van der Waals surface area contributed by atoms with Gasteiger partial charge >= 0.3 is 19.4 Å². The molecule has 0 aliphatic carbocycles. The maximum absolute atomic E-state index is 14.3. The third-order valence-electron chi connectivity index (χ3n) is 6.84. The zero-order chi connectivity index (χ0) is 29.0. The number of H-pyrrole nitrogens is 1. The van der Waals surface area contributed by atoms with Gasteiger partial charge in [-0.3, -0.25) is 23.7 Å². The van der Waals surface area contributed by atoms with Gasteiger partial charge < -0.3 is 19.1 Å². The molecule has 0 radical (unpaired) electrons. The maximum atomic E-state index is 14.3. The molecule has 14 heteroatoms. The molecule has 2 saturated heterocycles. The van der Waals surface area contributed by atoms with Crippen LogP contribution in [0.3, 0.4) is 0 Å². The summed E-state index contributed by atoms with van der Waals surface area (Å²) in [4.78, 5) is 38.5. The molecule has 2 aliphatic heterocycles. The highest BCUT2D eigenvalue weighted by molar-refractivity contribution is 7.51. The van der Waals surface area contributed by atoms with Crippen molar-refractivity contribution < 1.29 is 37.4 Å². The molecule has 3 unspecified atom stereocenters. The fourth-order valence-electron chi connectivity index (χ4n) is 4.75. The summed E-state index contributed by atoms with van der Waals surface area (Å²) in [7, 11) is -4.22. The Morgan fingerprint density at radius 1 is 1.12 bits per heavy atom. The predicted octanol–water partition coefficient (Wildman–Crippen LogP) is 2.74. The summed E-state index contributed by atoms with van der Waals surface area (Å²) in [6, 6.07) is 16.5. The van der Waals surface area contributed by atoms with Gasteiger partial charge in [0.05, 0.1) is 18.9 Å². The first-order chi connectivity index (χ1) is 19.7. The van der Waals surface area contributed by atoms with Crippen LogP contribution < -0.4 is 15.8 Å². The van der Waals surface area contributed by atoms with Gasteiger partial charge in [0.15, 0.2) is 0 Å². The zero-order valence-electron chi connectivity index (χ0n) is 21.8. The van der Waals surface area contributed by atoms with E-state index in [1.807, 2.05) is 35.3 Å². The number of carbonyl (C=O) groups is 1. The van der Waals surface area contributed by atoms with Crippen molar-refractivity contribution >= 4 is 13.7 Å². The van der Waals surface area contributed by atoms with Crippen LogP contribution in [0.15, 0.2) is 76.4 Å². The lowest BCUT2D eigenvalue weighted by molar-refractivity contribution is -0.149. The number of aromatic amines is 1. The van der Waals surface area contributed by atoms with Gasteiger partial charge in [-0.1, -0.05) is 48.5 Å². The molecule has 218 valence electrons.